The van der Waals surface area contributed by atoms with Gasteiger partial charge in [0.1, 0.15) is 5.75 Å². The van der Waals surface area contributed by atoms with Crippen molar-refractivity contribution in [1.29, 1.82) is 0 Å². The molecule has 1 aliphatic rings. The van der Waals surface area contributed by atoms with Gasteiger partial charge in [-0.1, -0.05) is 47.5 Å². The lowest BCUT2D eigenvalue weighted by molar-refractivity contribution is -0.133. The molecule has 0 unspecified atom stereocenters. The molecule has 1 amide bonds. The molecular weight excluding hydrogens is 406 g/mol. The van der Waals surface area contributed by atoms with Crippen LogP contribution in [0.2, 0.25) is 0 Å². The number of amides is 1. The van der Waals surface area contributed by atoms with E-state index >= 15 is 0 Å². The van der Waals surface area contributed by atoms with Gasteiger partial charge in [0, 0.05) is 27.6 Å². The highest BCUT2D eigenvalue weighted by Gasteiger charge is 2.37. The predicted octanol–water partition coefficient (Wildman–Crippen LogP) is 6.64. The van der Waals surface area contributed by atoms with Crippen LogP contribution in [0.1, 0.15) is 88.4 Å². The first-order valence-corrected chi connectivity index (χ1v) is 12.5. The summed E-state index contributed by atoms with van der Waals surface area (Å²) in [6.45, 7) is 10.2. The fourth-order valence-corrected chi connectivity index (χ4v) is 6.15. The van der Waals surface area contributed by atoms with Crippen LogP contribution < -0.4 is 4.74 Å². The Bertz CT molecular complexity index is 926. The Morgan fingerprint density at radius 2 is 1.71 bits per heavy atom. The molecule has 2 heterocycles. The van der Waals surface area contributed by atoms with Crippen LogP contribution in [-0.4, -0.2) is 35.8 Å². The third-order valence-corrected chi connectivity index (χ3v) is 7.58. The summed E-state index contributed by atoms with van der Waals surface area (Å²) in [7, 11) is 1.65. The van der Waals surface area contributed by atoms with Crippen LogP contribution in [-0.2, 0) is 11.2 Å². The highest BCUT2D eigenvalue weighted by atomic mass is 32.1. The summed E-state index contributed by atoms with van der Waals surface area (Å²) in [5, 5.41) is 0.976. The third-order valence-electron chi connectivity index (χ3n) is 6.37. The lowest BCUT2D eigenvalue weighted by Gasteiger charge is -2.31. The van der Waals surface area contributed by atoms with Gasteiger partial charge in [-0.2, -0.15) is 0 Å². The number of hydrogen-bond donors (Lipinski definition) is 0. The van der Waals surface area contributed by atoms with Gasteiger partial charge >= 0.3 is 0 Å². The number of methoxy groups -OCH3 is 1. The Kier molecular flexibility index (Phi) is 7.46. The van der Waals surface area contributed by atoms with Gasteiger partial charge in [-0.05, 0) is 49.4 Å². The van der Waals surface area contributed by atoms with Crippen LogP contribution in [0.5, 0.6) is 5.75 Å². The number of fused-ring (bicyclic) bond motifs is 1. The summed E-state index contributed by atoms with van der Waals surface area (Å²) < 4.78 is 6.48. The van der Waals surface area contributed by atoms with E-state index in [0.29, 0.717) is 12.1 Å². The highest BCUT2D eigenvalue weighted by molar-refractivity contribution is 7.21. The Morgan fingerprint density at radius 3 is 2.23 bits per heavy atom. The molecule has 1 aliphatic heterocycles. The lowest BCUT2D eigenvalue weighted by atomic mass is 9.88. The largest absolute Gasteiger partial charge is 0.497 e. The molecule has 0 radical (unpaired) electrons. The predicted molar refractivity (Wildman–Crippen MR) is 129 cm³/mol. The van der Waals surface area contributed by atoms with Crippen molar-refractivity contribution in [2.24, 2.45) is 5.41 Å². The van der Waals surface area contributed by atoms with Crippen LogP contribution >= 0.6 is 11.3 Å². The average Bonchev–Trinajstić information content (AvgIpc) is 3.28. The molecule has 0 bridgehead atoms. The number of Topliss-reactive ketones (excluding diaryl/α,β-unsaturated/α-hetero) is 1. The molecule has 1 fully saturated rings. The van der Waals surface area contributed by atoms with Gasteiger partial charge < -0.3 is 9.64 Å². The van der Waals surface area contributed by atoms with E-state index in [2.05, 4.69) is 18.7 Å². The second-order valence-electron chi connectivity index (χ2n) is 9.79. The van der Waals surface area contributed by atoms with Crippen LogP contribution in [0.25, 0.3) is 10.1 Å². The molecule has 1 saturated heterocycles. The molecule has 5 heteroatoms. The normalized spacial score (nSPS) is 19.2. The van der Waals surface area contributed by atoms with E-state index in [1.54, 1.807) is 7.11 Å². The van der Waals surface area contributed by atoms with E-state index in [0.717, 1.165) is 64.8 Å². The first-order valence-electron chi connectivity index (χ1n) is 11.7. The van der Waals surface area contributed by atoms with E-state index in [1.807, 2.05) is 39.0 Å². The fraction of sp³-hybridized carbons (Fsp3) is 0.615. The number of hydrogen-bond acceptors (Lipinski definition) is 4. The second-order valence-corrected chi connectivity index (χ2v) is 10.8. The molecule has 0 N–H and O–H groups in total. The summed E-state index contributed by atoms with van der Waals surface area (Å²) in [5.41, 5.74) is 0.382. The average molecular weight is 444 g/mol. The Morgan fingerprint density at radius 1 is 1.10 bits per heavy atom. The van der Waals surface area contributed by atoms with Crippen molar-refractivity contribution in [2.75, 3.05) is 7.11 Å². The molecule has 2 aromatic rings. The first kappa shape index (κ1) is 23.8. The number of benzene rings is 1. The minimum absolute atomic E-state index is 0.104. The van der Waals surface area contributed by atoms with Gasteiger partial charge in [0.05, 0.1) is 18.4 Å². The maximum atomic E-state index is 13.7. The van der Waals surface area contributed by atoms with E-state index in [9.17, 15) is 9.59 Å². The molecular formula is C26H37NO3S. The zero-order valence-electron chi connectivity index (χ0n) is 19.9. The van der Waals surface area contributed by atoms with Crippen molar-refractivity contribution in [3.8, 4) is 5.75 Å². The molecule has 0 aliphatic carbocycles. The summed E-state index contributed by atoms with van der Waals surface area (Å²) in [6.07, 6.45) is 6.74. The minimum Gasteiger partial charge on any atom is -0.497 e. The molecule has 31 heavy (non-hydrogen) atoms. The molecule has 1 aromatic carbocycles. The standard InChI is InChI=1S/C26H37NO3S/c1-7-9-17-11-12-18(10-8-2)27(17)23(28)16-21-20-15-19(30-6)13-14-22(20)31-24(21)25(29)26(3,4)5/h13-15,17-18H,7-12,16H2,1-6H3/t17-,18+. The molecule has 0 saturated carbocycles. The van der Waals surface area contributed by atoms with Crippen molar-refractivity contribution in [3.05, 3.63) is 28.6 Å². The van der Waals surface area contributed by atoms with Crippen LogP contribution in [0, 0.1) is 5.41 Å². The highest BCUT2D eigenvalue weighted by Crippen LogP contribution is 2.39. The zero-order valence-corrected chi connectivity index (χ0v) is 20.7. The number of ether oxygens (including phenoxy) is 1. The van der Waals surface area contributed by atoms with Gasteiger partial charge in [0.15, 0.2) is 5.78 Å². The molecule has 2 atom stereocenters. The first-order chi connectivity index (χ1) is 14.7. The smallest absolute Gasteiger partial charge is 0.227 e. The van der Waals surface area contributed by atoms with Gasteiger partial charge in [-0.3, -0.25) is 9.59 Å². The molecule has 0 spiro atoms. The number of nitrogens with zero attached hydrogens (tertiary/aromatic N) is 1. The van der Waals surface area contributed by atoms with E-state index in [-0.39, 0.29) is 18.1 Å². The summed E-state index contributed by atoms with van der Waals surface area (Å²) in [4.78, 5) is 29.9. The molecule has 170 valence electrons. The third kappa shape index (κ3) is 4.97. The summed E-state index contributed by atoms with van der Waals surface area (Å²) >= 11 is 1.51. The number of carbonyl (C=O) groups is 2. The number of thiophene rings is 1. The van der Waals surface area contributed by atoms with Crippen molar-refractivity contribution in [1.82, 2.24) is 4.90 Å². The van der Waals surface area contributed by atoms with Crippen LogP contribution in [0.4, 0.5) is 0 Å². The van der Waals surface area contributed by atoms with Gasteiger partial charge in [0.25, 0.3) is 0 Å². The monoisotopic (exact) mass is 443 g/mol. The van der Waals surface area contributed by atoms with Crippen molar-refractivity contribution < 1.29 is 14.3 Å². The summed E-state index contributed by atoms with van der Waals surface area (Å²) in [5.74, 6) is 1.02. The van der Waals surface area contributed by atoms with E-state index < -0.39 is 5.41 Å². The number of rotatable bonds is 8. The zero-order chi connectivity index (χ0) is 22.8. The molecule has 1 aromatic heterocycles. The second kappa shape index (κ2) is 9.72. The summed E-state index contributed by atoms with van der Waals surface area (Å²) in [6, 6.07) is 6.56. The Hall–Kier alpha value is -1.88. The van der Waals surface area contributed by atoms with Crippen molar-refractivity contribution in [2.45, 2.75) is 91.6 Å². The van der Waals surface area contributed by atoms with Gasteiger partial charge in [-0.25, -0.2) is 0 Å². The molecule has 3 rings (SSSR count). The lowest BCUT2D eigenvalue weighted by Crippen LogP contribution is -2.42. The van der Waals surface area contributed by atoms with Gasteiger partial charge in [-0.15, -0.1) is 11.3 Å². The van der Waals surface area contributed by atoms with Crippen molar-refractivity contribution in [3.63, 3.8) is 0 Å². The SMILES string of the molecule is CCC[C@@H]1CC[C@H](CCC)N1C(=O)Cc1c(C(=O)C(C)(C)C)sc2ccc(OC)cc12. The number of likely N-dealkylation sites (tertiary alicyclic amines) is 1. The maximum Gasteiger partial charge on any atom is 0.227 e. The minimum atomic E-state index is -0.494. The maximum absolute atomic E-state index is 13.7. The van der Waals surface area contributed by atoms with E-state index in [4.69, 9.17) is 4.74 Å². The Balaban J connectivity index is 2.03. The van der Waals surface area contributed by atoms with Crippen LogP contribution in [0.3, 0.4) is 0 Å². The number of ketones is 1. The van der Waals surface area contributed by atoms with Crippen molar-refractivity contribution >= 4 is 33.1 Å². The van der Waals surface area contributed by atoms with Crippen LogP contribution in [0.15, 0.2) is 18.2 Å². The quantitative estimate of drug-likeness (QED) is 0.430. The fourth-order valence-electron chi connectivity index (χ4n) is 4.80. The van der Waals surface area contributed by atoms with Gasteiger partial charge in [0.2, 0.25) is 5.91 Å². The molecule has 4 nitrogen and oxygen atoms in total. The number of carbonyl (C=O) groups excluding carboxylic acids is 2. The van der Waals surface area contributed by atoms with E-state index in [1.165, 1.54) is 11.3 Å². The topological polar surface area (TPSA) is 46.6 Å². The Labute approximate surface area is 191 Å².